The number of hydrogen-bond acceptors (Lipinski definition) is 3. The van der Waals surface area contributed by atoms with Gasteiger partial charge in [-0.2, -0.15) is 0 Å². The van der Waals surface area contributed by atoms with E-state index in [2.05, 4.69) is 40.0 Å². The maximum atomic E-state index is 10.7. The van der Waals surface area contributed by atoms with Crippen LogP contribution in [0.5, 0.6) is 0 Å². The van der Waals surface area contributed by atoms with Gasteiger partial charge in [0.15, 0.2) is 5.96 Å². The summed E-state index contributed by atoms with van der Waals surface area (Å²) in [5, 5.41) is 9.10. The van der Waals surface area contributed by atoms with Gasteiger partial charge in [-0.05, 0) is 26.0 Å². The molecule has 3 N–H and O–H groups in total. The van der Waals surface area contributed by atoms with Crippen LogP contribution in [0.1, 0.15) is 23.6 Å². The molecule has 0 atom stereocenters. The molecule has 1 aromatic heterocycles. The SMILES string of the molecule is CCNC(=NCc1ccc(C)s1)NCCNC(C)=O. The maximum Gasteiger partial charge on any atom is 0.216 e. The van der Waals surface area contributed by atoms with Crippen LogP contribution >= 0.6 is 11.3 Å². The molecule has 1 heterocycles. The van der Waals surface area contributed by atoms with Crippen molar-refractivity contribution in [3.05, 3.63) is 21.9 Å². The van der Waals surface area contributed by atoms with Gasteiger partial charge in [-0.3, -0.25) is 4.79 Å². The van der Waals surface area contributed by atoms with E-state index in [1.54, 1.807) is 11.3 Å². The van der Waals surface area contributed by atoms with Crippen molar-refractivity contribution in [1.82, 2.24) is 16.0 Å². The number of amides is 1. The Morgan fingerprint density at radius 1 is 1.26 bits per heavy atom. The predicted octanol–water partition coefficient (Wildman–Crippen LogP) is 1.25. The fourth-order valence-corrected chi connectivity index (χ4v) is 2.30. The standard InChI is InChI=1S/C13H22N4OS/c1-4-14-13(16-8-7-15-11(3)18)17-9-12-6-5-10(2)19-12/h5-6H,4,7-9H2,1-3H3,(H,15,18)(H2,14,16,17). The fourth-order valence-electron chi connectivity index (χ4n) is 1.49. The molecule has 0 radical (unpaired) electrons. The number of thiophene rings is 1. The zero-order chi connectivity index (χ0) is 14.1. The third kappa shape index (κ3) is 6.81. The predicted molar refractivity (Wildman–Crippen MR) is 80.6 cm³/mol. The molecule has 0 saturated heterocycles. The summed E-state index contributed by atoms with van der Waals surface area (Å²) in [6.07, 6.45) is 0. The number of nitrogens with zero attached hydrogens (tertiary/aromatic N) is 1. The molecule has 0 saturated carbocycles. The molecular weight excluding hydrogens is 260 g/mol. The normalized spacial score (nSPS) is 11.2. The number of carbonyl (C=O) groups is 1. The summed E-state index contributed by atoms with van der Waals surface area (Å²) in [6.45, 7) is 8.38. The molecule has 106 valence electrons. The van der Waals surface area contributed by atoms with E-state index >= 15 is 0 Å². The summed E-state index contributed by atoms with van der Waals surface area (Å²) < 4.78 is 0. The number of nitrogens with one attached hydrogen (secondary N) is 3. The molecule has 0 unspecified atom stereocenters. The monoisotopic (exact) mass is 282 g/mol. The second kappa shape index (κ2) is 8.53. The summed E-state index contributed by atoms with van der Waals surface area (Å²) in [5.41, 5.74) is 0. The summed E-state index contributed by atoms with van der Waals surface area (Å²) in [6, 6.07) is 4.21. The molecule has 0 spiro atoms. The highest BCUT2D eigenvalue weighted by atomic mass is 32.1. The zero-order valence-corrected chi connectivity index (χ0v) is 12.6. The third-order valence-corrected chi connectivity index (χ3v) is 3.31. The average Bonchev–Trinajstić information content (AvgIpc) is 2.77. The van der Waals surface area contributed by atoms with Gasteiger partial charge in [0, 0.05) is 36.3 Å². The van der Waals surface area contributed by atoms with Crippen LogP contribution in [-0.4, -0.2) is 31.5 Å². The van der Waals surface area contributed by atoms with E-state index in [-0.39, 0.29) is 5.91 Å². The van der Waals surface area contributed by atoms with Crippen molar-refractivity contribution >= 4 is 23.2 Å². The van der Waals surface area contributed by atoms with Crippen LogP contribution in [0.15, 0.2) is 17.1 Å². The van der Waals surface area contributed by atoms with Crippen molar-refractivity contribution in [3.8, 4) is 0 Å². The fraction of sp³-hybridized carbons (Fsp3) is 0.538. The van der Waals surface area contributed by atoms with Gasteiger partial charge in [0.25, 0.3) is 0 Å². The largest absolute Gasteiger partial charge is 0.357 e. The number of guanidine groups is 1. The molecule has 1 amide bonds. The van der Waals surface area contributed by atoms with E-state index in [1.807, 2.05) is 6.92 Å². The Hall–Kier alpha value is -1.56. The lowest BCUT2D eigenvalue weighted by Crippen LogP contribution is -2.41. The number of hydrogen-bond donors (Lipinski definition) is 3. The van der Waals surface area contributed by atoms with E-state index in [9.17, 15) is 4.79 Å². The van der Waals surface area contributed by atoms with Crippen LogP contribution in [-0.2, 0) is 11.3 Å². The third-order valence-electron chi connectivity index (χ3n) is 2.32. The summed E-state index contributed by atoms with van der Waals surface area (Å²) in [4.78, 5) is 17.8. The Morgan fingerprint density at radius 2 is 2.00 bits per heavy atom. The Morgan fingerprint density at radius 3 is 2.58 bits per heavy atom. The lowest BCUT2D eigenvalue weighted by atomic mass is 10.4. The molecule has 0 bridgehead atoms. The van der Waals surface area contributed by atoms with Gasteiger partial charge >= 0.3 is 0 Å². The first-order chi connectivity index (χ1) is 9.11. The summed E-state index contributed by atoms with van der Waals surface area (Å²) in [7, 11) is 0. The van der Waals surface area contributed by atoms with Crippen molar-refractivity contribution in [1.29, 1.82) is 0 Å². The van der Waals surface area contributed by atoms with Crippen LogP contribution < -0.4 is 16.0 Å². The number of rotatable bonds is 6. The number of aliphatic imine (C=N–C) groups is 1. The maximum absolute atomic E-state index is 10.7. The van der Waals surface area contributed by atoms with Crippen molar-refractivity contribution < 1.29 is 4.79 Å². The van der Waals surface area contributed by atoms with Gasteiger partial charge in [-0.1, -0.05) is 0 Å². The topological polar surface area (TPSA) is 65.5 Å². The molecule has 6 heteroatoms. The van der Waals surface area contributed by atoms with Crippen LogP contribution in [0.4, 0.5) is 0 Å². The van der Waals surface area contributed by atoms with E-state index in [0.29, 0.717) is 19.6 Å². The zero-order valence-electron chi connectivity index (χ0n) is 11.7. The van der Waals surface area contributed by atoms with Gasteiger partial charge in [0.1, 0.15) is 0 Å². The minimum atomic E-state index is -0.0159. The lowest BCUT2D eigenvalue weighted by molar-refractivity contribution is -0.118. The molecule has 0 fully saturated rings. The van der Waals surface area contributed by atoms with Gasteiger partial charge in [-0.25, -0.2) is 4.99 Å². The van der Waals surface area contributed by atoms with E-state index in [0.717, 1.165) is 12.5 Å². The number of aryl methyl sites for hydroxylation is 1. The first-order valence-electron chi connectivity index (χ1n) is 6.43. The molecule has 1 rings (SSSR count). The van der Waals surface area contributed by atoms with Crippen LogP contribution in [0, 0.1) is 6.92 Å². The van der Waals surface area contributed by atoms with Crippen LogP contribution in [0.25, 0.3) is 0 Å². The summed E-state index contributed by atoms with van der Waals surface area (Å²) in [5.74, 6) is 0.761. The van der Waals surface area contributed by atoms with E-state index in [1.165, 1.54) is 16.7 Å². The molecule has 1 aromatic rings. The molecule has 0 aliphatic heterocycles. The Balaban J connectivity index is 2.39. The van der Waals surface area contributed by atoms with Crippen molar-refractivity contribution in [2.75, 3.05) is 19.6 Å². The highest BCUT2D eigenvalue weighted by Crippen LogP contribution is 2.15. The Kier molecular flexibility index (Phi) is 6.95. The van der Waals surface area contributed by atoms with Crippen LogP contribution in [0.3, 0.4) is 0 Å². The molecule has 0 aliphatic rings. The van der Waals surface area contributed by atoms with E-state index < -0.39 is 0 Å². The molecule has 19 heavy (non-hydrogen) atoms. The minimum absolute atomic E-state index is 0.0159. The van der Waals surface area contributed by atoms with Crippen molar-refractivity contribution in [2.45, 2.75) is 27.3 Å². The molecule has 0 aromatic carbocycles. The Bertz CT molecular complexity index is 428. The molecule has 5 nitrogen and oxygen atoms in total. The summed E-state index contributed by atoms with van der Waals surface area (Å²) >= 11 is 1.76. The quantitative estimate of drug-likeness (QED) is 0.418. The lowest BCUT2D eigenvalue weighted by Gasteiger charge is -2.11. The second-order valence-corrected chi connectivity index (χ2v) is 5.49. The van der Waals surface area contributed by atoms with Gasteiger partial charge in [-0.15, -0.1) is 11.3 Å². The molecule has 0 aliphatic carbocycles. The Labute approximate surface area is 118 Å². The van der Waals surface area contributed by atoms with Crippen molar-refractivity contribution in [2.24, 2.45) is 4.99 Å². The second-order valence-electron chi connectivity index (χ2n) is 4.12. The van der Waals surface area contributed by atoms with Gasteiger partial charge in [0.2, 0.25) is 5.91 Å². The van der Waals surface area contributed by atoms with Crippen LogP contribution in [0.2, 0.25) is 0 Å². The molecular formula is C13H22N4OS. The average molecular weight is 282 g/mol. The first-order valence-corrected chi connectivity index (χ1v) is 7.25. The van der Waals surface area contributed by atoms with E-state index in [4.69, 9.17) is 0 Å². The highest BCUT2D eigenvalue weighted by molar-refractivity contribution is 7.11. The minimum Gasteiger partial charge on any atom is -0.357 e. The highest BCUT2D eigenvalue weighted by Gasteiger charge is 1.99. The van der Waals surface area contributed by atoms with Gasteiger partial charge in [0.05, 0.1) is 6.54 Å². The van der Waals surface area contributed by atoms with Gasteiger partial charge < -0.3 is 16.0 Å². The first kappa shape index (κ1) is 15.5. The smallest absolute Gasteiger partial charge is 0.216 e. The van der Waals surface area contributed by atoms with Crippen molar-refractivity contribution in [3.63, 3.8) is 0 Å². The number of carbonyl (C=O) groups excluding carboxylic acids is 1.